The molecule has 25 heavy (non-hydrogen) atoms. The quantitative estimate of drug-likeness (QED) is 0.346. The number of rotatable bonds is 7. The molecule has 0 bridgehead atoms. The zero-order valence-electron chi connectivity index (χ0n) is 14.6. The van der Waals surface area contributed by atoms with Gasteiger partial charge in [0, 0.05) is 23.1 Å². The second-order valence-electron chi connectivity index (χ2n) is 5.26. The predicted molar refractivity (Wildman–Crippen MR) is 117 cm³/mol. The molecule has 0 aliphatic rings. The minimum absolute atomic E-state index is 0. The van der Waals surface area contributed by atoms with E-state index in [0.717, 1.165) is 23.1 Å². The summed E-state index contributed by atoms with van der Waals surface area (Å²) in [6.07, 6.45) is 2.95. The fourth-order valence-electron chi connectivity index (χ4n) is 2.00. The molecule has 0 saturated heterocycles. The number of aliphatic imine (C=N–C) groups is 1. The topological polar surface area (TPSA) is 58.5 Å². The summed E-state index contributed by atoms with van der Waals surface area (Å²) in [4.78, 5) is 9.90. The van der Waals surface area contributed by atoms with E-state index in [2.05, 4.69) is 27.5 Å². The van der Waals surface area contributed by atoms with E-state index in [1.165, 1.54) is 4.88 Å². The third-order valence-electron chi connectivity index (χ3n) is 3.29. The minimum atomic E-state index is -0.00344. The highest BCUT2D eigenvalue weighted by molar-refractivity contribution is 14.0. The lowest BCUT2D eigenvalue weighted by Crippen LogP contribution is -2.41. The average Bonchev–Trinajstić information content (AvgIpc) is 3.05. The van der Waals surface area contributed by atoms with Crippen molar-refractivity contribution in [2.24, 2.45) is 4.99 Å². The Balaban J connectivity index is 0.00000312. The van der Waals surface area contributed by atoms with Crippen LogP contribution in [0.1, 0.15) is 23.7 Å². The van der Waals surface area contributed by atoms with Gasteiger partial charge in [0.2, 0.25) is 0 Å². The normalized spacial score (nSPS) is 12.2. The van der Waals surface area contributed by atoms with Crippen molar-refractivity contribution < 1.29 is 4.74 Å². The van der Waals surface area contributed by atoms with E-state index in [-0.39, 0.29) is 30.1 Å². The first-order chi connectivity index (χ1) is 11.6. The van der Waals surface area contributed by atoms with Crippen LogP contribution >= 0.6 is 46.9 Å². The summed E-state index contributed by atoms with van der Waals surface area (Å²) in [7, 11) is 1.75. The lowest BCUT2D eigenvalue weighted by atomic mass is 10.3. The Kier molecular flexibility index (Phi) is 10.1. The fraction of sp³-hybridized carbons (Fsp3) is 0.412. The van der Waals surface area contributed by atoms with Crippen LogP contribution in [0.4, 0.5) is 0 Å². The summed E-state index contributed by atoms with van der Waals surface area (Å²) < 4.78 is 5.83. The maximum Gasteiger partial charge on any atom is 0.191 e. The molecule has 0 saturated carbocycles. The highest BCUT2D eigenvalue weighted by atomic mass is 127. The Hall–Kier alpha value is -1.06. The highest BCUT2D eigenvalue weighted by Gasteiger charge is 2.07. The largest absolute Gasteiger partial charge is 0.489 e. The molecule has 1 unspecified atom stereocenters. The molecule has 8 heteroatoms. The number of hydrogen-bond donors (Lipinski definition) is 2. The Morgan fingerprint density at radius 2 is 2.04 bits per heavy atom. The number of hydrogen-bond acceptors (Lipinski definition) is 4. The third kappa shape index (κ3) is 7.79. The molecule has 1 aromatic carbocycles. The molecular weight excluding hydrogens is 471 g/mol. The van der Waals surface area contributed by atoms with E-state index in [1.54, 1.807) is 18.4 Å². The van der Waals surface area contributed by atoms with Gasteiger partial charge >= 0.3 is 0 Å². The molecule has 1 atom stereocenters. The number of nitrogens with zero attached hydrogens (tertiary/aromatic N) is 2. The molecule has 0 radical (unpaired) electrons. The van der Waals surface area contributed by atoms with E-state index in [9.17, 15) is 0 Å². The predicted octanol–water partition coefficient (Wildman–Crippen LogP) is 4.11. The molecule has 138 valence electrons. The van der Waals surface area contributed by atoms with Crippen LogP contribution < -0.4 is 15.4 Å². The summed E-state index contributed by atoms with van der Waals surface area (Å²) >= 11 is 7.59. The van der Waals surface area contributed by atoms with E-state index < -0.39 is 0 Å². The van der Waals surface area contributed by atoms with Crippen molar-refractivity contribution in [2.45, 2.75) is 32.9 Å². The Labute approximate surface area is 175 Å². The first-order valence-corrected chi connectivity index (χ1v) is 9.10. The standard InChI is InChI=1S/C17H23ClN4OS.HI/c1-4-15-10-20-16(24-15)11-22-17(19-3)21-9-12(2)23-14-7-5-13(18)6-8-14;/h5-8,10,12H,4,9,11H2,1-3H3,(H2,19,21,22);1H. The summed E-state index contributed by atoms with van der Waals surface area (Å²) in [6, 6.07) is 7.35. The first kappa shape index (κ1) is 22.0. The van der Waals surface area contributed by atoms with E-state index in [1.807, 2.05) is 37.4 Å². The Morgan fingerprint density at radius 3 is 2.64 bits per heavy atom. The van der Waals surface area contributed by atoms with Gasteiger partial charge in [-0.05, 0) is 37.6 Å². The van der Waals surface area contributed by atoms with Crippen molar-refractivity contribution in [2.75, 3.05) is 13.6 Å². The molecule has 2 N–H and O–H groups in total. The zero-order chi connectivity index (χ0) is 17.4. The molecular formula is C17H24ClIN4OS. The number of aryl methyl sites for hydroxylation is 1. The second-order valence-corrected chi connectivity index (χ2v) is 6.90. The van der Waals surface area contributed by atoms with E-state index in [0.29, 0.717) is 18.1 Å². The van der Waals surface area contributed by atoms with Gasteiger partial charge in [0.1, 0.15) is 16.9 Å². The van der Waals surface area contributed by atoms with Gasteiger partial charge in [0.25, 0.3) is 0 Å². The summed E-state index contributed by atoms with van der Waals surface area (Å²) in [5.41, 5.74) is 0. The summed E-state index contributed by atoms with van der Waals surface area (Å²) in [5, 5.41) is 8.28. The van der Waals surface area contributed by atoms with Gasteiger partial charge in [-0.25, -0.2) is 4.98 Å². The minimum Gasteiger partial charge on any atom is -0.489 e. The van der Waals surface area contributed by atoms with Crippen LogP contribution in [0.2, 0.25) is 5.02 Å². The number of guanidine groups is 1. The van der Waals surface area contributed by atoms with Gasteiger partial charge < -0.3 is 15.4 Å². The van der Waals surface area contributed by atoms with Gasteiger partial charge in [-0.2, -0.15) is 0 Å². The molecule has 1 heterocycles. The average molecular weight is 495 g/mol. The maximum atomic E-state index is 5.87. The van der Waals surface area contributed by atoms with Gasteiger partial charge in [0.05, 0.1) is 13.1 Å². The van der Waals surface area contributed by atoms with Crippen LogP contribution in [0.3, 0.4) is 0 Å². The van der Waals surface area contributed by atoms with Crippen molar-refractivity contribution >= 4 is 52.9 Å². The SMILES string of the molecule is CCc1cnc(CNC(=NC)NCC(C)Oc2ccc(Cl)cc2)s1.I. The van der Waals surface area contributed by atoms with Crippen LogP contribution in [0.15, 0.2) is 35.5 Å². The first-order valence-electron chi connectivity index (χ1n) is 7.91. The van der Waals surface area contributed by atoms with Crippen molar-refractivity contribution in [3.63, 3.8) is 0 Å². The van der Waals surface area contributed by atoms with Crippen molar-refractivity contribution in [1.82, 2.24) is 15.6 Å². The van der Waals surface area contributed by atoms with Gasteiger partial charge in [-0.15, -0.1) is 35.3 Å². The van der Waals surface area contributed by atoms with Crippen LogP contribution in [0.25, 0.3) is 0 Å². The number of ether oxygens (including phenoxy) is 1. The number of nitrogens with one attached hydrogen (secondary N) is 2. The molecule has 5 nitrogen and oxygen atoms in total. The molecule has 2 rings (SSSR count). The molecule has 0 spiro atoms. The Morgan fingerprint density at radius 1 is 1.32 bits per heavy atom. The molecule has 0 amide bonds. The fourth-order valence-corrected chi connectivity index (χ4v) is 2.93. The van der Waals surface area contributed by atoms with Gasteiger partial charge in [-0.1, -0.05) is 18.5 Å². The number of halogens is 2. The molecule has 0 aliphatic heterocycles. The molecule has 0 fully saturated rings. The lowest BCUT2D eigenvalue weighted by molar-refractivity contribution is 0.224. The summed E-state index contributed by atoms with van der Waals surface area (Å²) in [5.74, 6) is 1.53. The van der Waals surface area contributed by atoms with Crippen LogP contribution in [-0.4, -0.2) is 30.6 Å². The zero-order valence-corrected chi connectivity index (χ0v) is 18.5. The second kappa shape index (κ2) is 11.5. The van der Waals surface area contributed by atoms with Crippen molar-refractivity contribution in [1.29, 1.82) is 0 Å². The monoisotopic (exact) mass is 494 g/mol. The third-order valence-corrected chi connectivity index (χ3v) is 4.68. The summed E-state index contributed by atoms with van der Waals surface area (Å²) in [6.45, 7) is 5.44. The molecule has 1 aromatic heterocycles. The lowest BCUT2D eigenvalue weighted by Gasteiger charge is -2.17. The maximum absolute atomic E-state index is 5.87. The van der Waals surface area contributed by atoms with E-state index >= 15 is 0 Å². The van der Waals surface area contributed by atoms with Crippen LogP contribution in [-0.2, 0) is 13.0 Å². The van der Waals surface area contributed by atoms with Crippen molar-refractivity contribution in [3.8, 4) is 5.75 Å². The number of thiazole rings is 1. The number of benzene rings is 1. The highest BCUT2D eigenvalue weighted by Crippen LogP contribution is 2.16. The molecule has 0 aliphatic carbocycles. The van der Waals surface area contributed by atoms with Gasteiger partial charge in [-0.3, -0.25) is 4.99 Å². The van der Waals surface area contributed by atoms with Gasteiger partial charge in [0.15, 0.2) is 5.96 Å². The smallest absolute Gasteiger partial charge is 0.191 e. The van der Waals surface area contributed by atoms with E-state index in [4.69, 9.17) is 16.3 Å². The van der Waals surface area contributed by atoms with Crippen LogP contribution in [0, 0.1) is 0 Å². The molecule has 2 aromatic rings. The number of aromatic nitrogens is 1. The van der Waals surface area contributed by atoms with Crippen molar-refractivity contribution in [3.05, 3.63) is 45.4 Å². The Bertz CT molecular complexity index is 663. The van der Waals surface area contributed by atoms with Crippen LogP contribution in [0.5, 0.6) is 5.75 Å².